The number of nitrogens with zero attached hydrogens (tertiary/aromatic N) is 1. The standard InChI is InChI=1S/C15H19NO3S/c17-15-7-12(10-20)9-16(15)8-11-2-3-13-14(6-11)19-5-1-4-18-13/h2-3,6,12,20H,1,4-5,7-10H2. The number of thiol groups is 1. The van der Waals surface area contributed by atoms with Crippen LogP contribution >= 0.6 is 12.6 Å². The Bertz CT molecular complexity index is 506. The van der Waals surface area contributed by atoms with Crippen LogP contribution in [0.15, 0.2) is 18.2 Å². The van der Waals surface area contributed by atoms with Crippen LogP contribution in [0, 0.1) is 5.92 Å². The minimum atomic E-state index is 0.219. The monoisotopic (exact) mass is 293 g/mol. The number of hydrogen-bond donors (Lipinski definition) is 1. The van der Waals surface area contributed by atoms with E-state index in [1.807, 2.05) is 23.1 Å². The highest BCUT2D eigenvalue weighted by Gasteiger charge is 2.28. The lowest BCUT2D eigenvalue weighted by Gasteiger charge is -2.17. The molecule has 0 bridgehead atoms. The molecule has 0 radical (unpaired) electrons. The molecule has 108 valence electrons. The maximum Gasteiger partial charge on any atom is 0.223 e. The molecule has 0 spiro atoms. The second-order valence-corrected chi connectivity index (χ2v) is 5.72. The predicted octanol–water partition coefficient (Wildman–Crippen LogP) is 2.13. The van der Waals surface area contributed by atoms with Gasteiger partial charge in [-0.25, -0.2) is 0 Å². The normalized spacial score (nSPS) is 21.9. The summed E-state index contributed by atoms with van der Waals surface area (Å²) in [7, 11) is 0. The van der Waals surface area contributed by atoms with Crippen LogP contribution in [-0.2, 0) is 11.3 Å². The Morgan fingerprint density at radius 1 is 1.25 bits per heavy atom. The van der Waals surface area contributed by atoms with Gasteiger partial charge in [0.2, 0.25) is 5.91 Å². The number of fused-ring (bicyclic) bond motifs is 1. The van der Waals surface area contributed by atoms with Crippen molar-refractivity contribution in [2.24, 2.45) is 5.92 Å². The maximum atomic E-state index is 11.9. The van der Waals surface area contributed by atoms with E-state index in [-0.39, 0.29) is 5.91 Å². The number of carbonyl (C=O) groups excluding carboxylic acids is 1. The fraction of sp³-hybridized carbons (Fsp3) is 0.533. The SMILES string of the molecule is O=C1CC(CS)CN1Cc1ccc2c(c1)OCCCO2. The van der Waals surface area contributed by atoms with Crippen LogP contribution in [-0.4, -0.2) is 36.3 Å². The summed E-state index contributed by atoms with van der Waals surface area (Å²) in [5, 5.41) is 0. The third-order valence-electron chi connectivity index (χ3n) is 3.74. The molecular formula is C15H19NO3S. The van der Waals surface area contributed by atoms with Crippen LogP contribution in [0.2, 0.25) is 0 Å². The van der Waals surface area contributed by atoms with Crippen molar-refractivity contribution in [1.82, 2.24) is 4.90 Å². The summed E-state index contributed by atoms with van der Waals surface area (Å²) in [5.74, 6) is 2.95. The number of benzene rings is 1. The molecule has 1 aromatic rings. The van der Waals surface area contributed by atoms with Crippen molar-refractivity contribution >= 4 is 18.5 Å². The third-order valence-corrected chi connectivity index (χ3v) is 4.25. The minimum absolute atomic E-state index is 0.219. The van der Waals surface area contributed by atoms with Crippen LogP contribution in [0.5, 0.6) is 11.5 Å². The van der Waals surface area contributed by atoms with Crippen LogP contribution < -0.4 is 9.47 Å². The zero-order valence-corrected chi connectivity index (χ0v) is 12.3. The molecule has 1 unspecified atom stereocenters. The van der Waals surface area contributed by atoms with Crippen molar-refractivity contribution in [3.8, 4) is 11.5 Å². The van der Waals surface area contributed by atoms with Crippen LogP contribution in [0.25, 0.3) is 0 Å². The average molecular weight is 293 g/mol. The second kappa shape index (κ2) is 5.95. The number of amides is 1. The Balaban J connectivity index is 1.72. The fourth-order valence-corrected chi connectivity index (χ4v) is 2.90. The molecule has 1 fully saturated rings. The summed E-state index contributed by atoms with van der Waals surface area (Å²) >= 11 is 4.28. The molecule has 20 heavy (non-hydrogen) atoms. The van der Waals surface area contributed by atoms with E-state index in [1.165, 1.54) is 0 Å². The Labute approximate surface area is 124 Å². The van der Waals surface area contributed by atoms with Gasteiger partial charge in [-0.05, 0) is 29.4 Å². The van der Waals surface area contributed by atoms with E-state index in [0.29, 0.717) is 32.1 Å². The van der Waals surface area contributed by atoms with E-state index in [9.17, 15) is 4.79 Å². The van der Waals surface area contributed by atoms with E-state index in [4.69, 9.17) is 9.47 Å². The molecule has 1 aromatic carbocycles. The van der Waals surface area contributed by atoms with E-state index >= 15 is 0 Å². The lowest BCUT2D eigenvalue weighted by atomic mass is 10.1. The lowest BCUT2D eigenvalue weighted by Crippen LogP contribution is -2.24. The van der Waals surface area contributed by atoms with Gasteiger partial charge in [-0.3, -0.25) is 4.79 Å². The van der Waals surface area contributed by atoms with E-state index in [1.54, 1.807) is 0 Å². The van der Waals surface area contributed by atoms with Crippen molar-refractivity contribution in [1.29, 1.82) is 0 Å². The number of carbonyl (C=O) groups is 1. The summed E-state index contributed by atoms with van der Waals surface area (Å²) in [6.07, 6.45) is 1.52. The molecule has 3 rings (SSSR count). The van der Waals surface area contributed by atoms with Gasteiger partial charge >= 0.3 is 0 Å². The molecule has 2 aliphatic rings. The van der Waals surface area contributed by atoms with E-state index in [2.05, 4.69) is 12.6 Å². The molecule has 0 N–H and O–H groups in total. The zero-order chi connectivity index (χ0) is 13.9. The van der Waals surface area contributed by atoms with Gasteiger partial charge in [0.05, 0.1) is 13.2 Å². The molecule has 1 atom stereocenters. The summed E-state index contributed by atoms with van der Waals surface area (Å²) in [4.78, 5) is 13.8. The first-order chi connectivity index (χ1) is 9.76. The topological polar surface area (TPSA) is 38.8 Å². The molecule has 0 aromatic heterocycles. The van der Waals surface area contributed by atoms with Gasteiger partial charge in [0.15, 0.2) is 11.5 Å². The molecule has 1 saturated heterocycles. The smallest absolute Gasteiger partial charge is 0.223 e. The van der Waals surface area contributed by atoms with E-state index < -0.39 is 0 Å². The maximum absolute atomic E-state index is 11.9. The van der Waals surface area contributed by atoms with Gasteiger partial charge in [0.1, 0.15) is 0 Å². The zero-order valence-electron chi connectivity index (χ0n) is 11.4. The third kappa shape index (κ3) is 2.87. The number of rotatable bonds is 3. The van der Waals surface area contributed by atoms with Crippen molar-refractivity contribution in [2.45, 2.75) is 19.4 Å². The number of ether oxygens (including phenoxy) is 2. The van der Waals surface area contributed by atoms with E-state index in [0.717, 1.165) is 35.8 Å². The van der Waals surface area contributed by atoms with Crippen LogP contribution in [0.3, 0.4) is 0 Å². The summed E-state index contributed by atoms with van der Waals surface area (Å²) in [6.45, 7) is 2.82. The van der Waals surface area contributed by atoms with Gasteiger partial charge in [-0.15, -0.1) is 0 Å². The molecule has 2 aliphatic heterocycles. The Morgan fingerprint density at radius 3 is 2.80 bits per heavy atom. The first kappa shape index (κ1) is 13.6. The largest absolute Gasteiger partial charge is 0.490 e. The highest BCUT2D eigenvalue weighted by Crippen LogP contribution is 2.31. The van der Waals surface area contributed by atoms with Gasteiger partial charge < -0.3 is 14.4 Å². The van der Waals surface area contributed by atoms with Gasteiger partial charge in [0.25, 0.3) is 0 Å². The predicted molar refractivity (Wildman–Crippen MR) is 79.4 cm³/mol. The second-order valence-electron chi connectivity index (χ2n) is 5.36. The Morgan fingerprint density at radius 2 is 2.05 bits per heavy atom. The van der Waals surface area contributed by atoms with Gasteiger partial charge in [0, 0.05) is 25.9 Å². The quantitative estimate of drug-likeness (QED) is 0.868. The highest BCUT2D eigenvalue weighted by atomic mass is 32.1. The lowest BCUT2D eigenvalue weighted by molar-refractivity contribution is -0.128. The van der Waals surface area contributed by atoms with Gasteiger partial charge in [-0.1, -0.05) is 6.07 Å². The number of likely N-dealkylation sites (tertiary alicyclic amines) is 1. The van der Waals surface area contributed by atoms with Crippen molar-refractivity contribution < 1.29 is 14.3 Å². The number of hydrogen-bond acceptors (Lipinski definition) is 4. The highest BCUT2D eigenvalue weighted by molar-refractivity contribution is 7.80. The van der Waals surface area contributed by atoms with Gasteiger partial charge in [-0.2, -0.15) is 12.6 Å². The van der Waals surface area contributed by atoms with Crippen molar-refractivity contribution in [2.75, 3.05) is 25.5 Å². The molecular weight excluding hydrogens is 274 g/mol. The Kier molecular flexibility index (Phi) is 4.05. The Hall–Kier alpha value is -1.36. The fourth-order valence-electron chi connectivity index (χ4n) is 2.66. The summed E-state index contributed by atoms with van der Waals surface area (Å²) in [5.41, 5.74) is 1.09. The summed E-state index contributed by atoms with van der Waals surface area (Å²) < 4.78 is 11.3. The molecule has 0 saturated carbocycles. The molecule has 5 heteroatoms. The molecule has 2 heterocycles. The van der Waals surface area contributed by atoms with Crippen molar-refractivity contribution in [3.63, 3.8) is 0 Å². The van der Waals surface area contributed by atoms with Crippen molar-refractivity contribution in [3.05, 3.63) is 23.8 Å². The average Bonchev–Trinajstić information content (AvgIpc) is 2.67. The first-order valence-electron chi connectivity index (χ1n) is 7.03. The summed E-state index contributed by atoms with van der Waals surface area (Å²) in [6, 6.07) is 5.93. The molecule has 0 aliphatic carbocycles. The van der Waals surface area contributed by atoms with Crippen LogP contribution in [0.1, 0.15) is 18.4 Å². The van der Waals surface area contributed by atoms with Crippen LogP contribution in [0.4, 0.5) is 0 Å². The first-order valence-corrected chi connectivity index (χ1v) is 7.66. The minimum Gasteiger partial charge on any atom is -0.490 e. The molecule has 4 nitrogen and oxygen atoms in total. The molecule has 1 amide bonds.